The van der Waals surface area contributed by atoms with Gasteiger partial charge in [0.25, 0.3) is 0 Å². The third kappa shape index (κ3) is 3.50. The van der Waals surface area contributed by atoms with Crippen LogP contribution in [0.1, 0.15) is 48.6 Å². The number of carbonyl (C=O) groups excluding carboxylic acids is 1. The zero-order valence-corrected chi connectivity index (χ0v) is 12.4. The van der Waals surface area contributed by atoms with Crippen molar-refractivity contribution in [2.24, 2.45) is 0 Å². The van der Waals surface area contributed by atoms with E-state index in [0.29, 0.717) is 18.5 Å². The maximum absolute atomic E-state index is 11.6. The Labute approximate surface area is 122 Å². The first-order valence-corrected chi connectivity index (χ1v) is 8.22. The lowest BCUT2D eigenvalue weighted by Gasteiger charge is -2.23. The number of hydrogen-bond donors (Lipinski definition) is 2. The molecule has 0 spiro atoms. The Kier molecular flexibility index (Phi) is 4.10. The van der Waals surface area contributed by atoms with Crippen LogP contribution in [0.5, 0.6) is 0 Å². The summed E-state index contributed by atoms with van der Waals surface area (Å²) in [6.07, 6.45) is 6.37. The largest absolute Gasteiger partial charge is 0.353 e. The quantitative estimate of drug-likeness (QED) is 0.877. The van der Waals surface area contributed by atoms with Crippen molar-refractivity contribution in [3.63, 3.8) is 0 Å². The fraction of sp³-hybridized carbons (Fsp3) is 0.643. The molecule has 1 aromatic heterocycles. The predicted octanol–water partition coefficient (Wildman–Crippen LogP) is 3.04. The van der Waals surface area contributed by atoms with Crippen LogP contribution in [0.15, 0.2) is 6.07 Å². The number of amides is 1. The van der Waals surface area contributed by atoms with Crippen LogP contribution in [-0.4, -0.2) is 18.5 Å². The monoisotopic (exact) mass is 298 g/mol. The van der Waals surface area contributed by atoms with Crippen LogP contribution in [0.3, 0.4) is 0 Å². The van der Waals surface area contributed by atoms with Gasteiger partial charge in [-0.15, -0.1) is 11.3 Å². The Morgan fingerprint density at radius 3 is 3.05 bits per heavy atom. The molecule has 2 N–H and O–H groups in total. The van der Waals surface area contributed by atoms with Gasteiger partial charge in [-0.05, 0) is 43.7 Å². The first-order chi connectivity index (χ1) is 9.22. The summed E-state index contributed by atoms with van der Waals surface area (Å²) in [6.45, 7) is 0.746. The predicted molar refractivity (Wildman–Crippen MR) is 78.8 cm³/mol. The molecule has 2 aliphatic carbocycles. The molecule has 1 fully saturated rings. The molecule has 104 valence electrons. The fourth-order valence-corrected chi connectivity index (χ4v) is 4.00. The van der Waals surface area contributed by atoms with Gasteiger partial charge in [0.05, 0.1) is 4.34 Å². The molecule has 1 unspecified atom stereocenters. The molecule has 0 bridgehead atoms. The number of aryl methyl sites for hydroxylation is 1. The second kappa shape index (κ2) is 5.81. The summed E-state index contributed by atoms with van der Waals surface area (Å²) < 4.78 is 0.880. The second-order valence-electron chi connectivity index (χ2n) is 5.42. The van der Waals surface area contributed by atoms with E-state index in [9.17, 15) is 4.79 Å². The molecule has 0 radical (unpaired) electrons. The second-order valence-corrected chi connectivity index (χ2v) is 7.19. The minimum absolute atomic E-state index is 0.175. The van der Waals surface area contributed by atoms with E-state index in [1.807, 2.05) is 0 Å². The van der Waals surface area contributed by atoms with Crippen molar-refractivity contribution in [1.82, 2.24) is 10.6 Å². The minimum Gasteiger partial charge on any atom is -0.353 e. The van der Waals surface area contributed by atoms with Gasteiger partial charge in [0.15, 0.2) is 0 Å². The average Bonchev–Trinajstić information content (AvgIpc) is 3.08. The van der Waals surface area contributed by atoms with Gasteiger partial charge in [-0.2, -0.15) is 0 Å². The van der Waals surface area contributed by atoms with Crippen LogP contribution in [0.2, 0.25) is 4.34 Å². The van der Waals surface area contributed by atoms with Crippen LogP contribution in [0.25, 0.3) is 0 Å². The first-order valence-electron chi connectivity index (χ1n) is 7.03. The molecule has 1 heterocycles. The van der Waals surface area contributed by atoms with Crippen molar-refractivity contribution in [2.75, 3.05) is 6.54 Å². The highest BCUT2D eigenvalue weighted by atomic mass is 35.5. The Hall–Kier alpha value is -0.580. The lowest BCUT2D eigenvalue weighted by atomic mass is 9.94. The molecular weight excluding hydrogens is 280 g/mol. The topological polar surface area (TPSA) is 41.1 Å². The molecule has 0 saturated heterocycles. The van der Waals surface area contributed by atoms with E-state index in [1.54, 1.807) is 11.3 Å². The molecule has 3 nitrogen and oxygen atoms in total. The SMILES string of the molecule is O=C(CCNC1CCCc2sc(Cl)cc21)NC1CC1. The van der Waals surface area contributed by atoms with E-state index < -0.39 is 0 Å². The smallest absolute Gasteiger partial charge is 0.221 e. The Bertz CT molecular complexity index is 470. The number of carbonyl (C=O) groups is 1. The maximum Gasteiger partial charge on any atom is 0.221 e. The van der Waals surface area contributed by atoms with Crippen LogP contribution >= 0.6 is 22.9 Å². The highest BCUT2D eigenvalue weighted by Crippen LogP contribution is 2.37. The number of thiophene rings is 1. The number of rotatable bonds is 5. The number of halogens is 1. The molecule has 1 amide bonds. The number of fused-ring (bicyclic) bond motifs is 1. The lowest BCUT2D eigenvalue weighted by Crippen LogP contribution is -2.31. The van der Waals surface area contributed by atoms with E-state index in [4.69, 9.17) is 11.6 Å². The van der Waals surface area contributed by atoms with E-state index in [1.165, 1.54) is 16.9 Å². The van der Waals surface area contributed by atoms with Crippen molar-refractivity contribution in [1.29, 1.82) is 0 Å². The zero-order chi connectivity index (χ0) is 13.2. The van der Waals surface area contributed by atoms with Crippen molar-refractivity contribution in [2.45, 2.75) is 50.6 Å². The van der Waals surface area contributed by atoms with Crippen LogP contribution in [0, 0.1) is 0 Å². The summed E-state index contributed by atoms with van der Waals surface area (Å²) in [6, 6.07) is 2.92. The minimum atomic E-state index is 0.175. The molecule has 1 atom stereocenters. The van der Waals surface area contributed by atoms with E-state index in [-0.39, 0.29) is 5.91 Å². The number of nitrogens with one attached hydrogen (secondary N) is 2. The molecule has 3 rings (SSSR count). The Morgan fingerprint density at radius 2 is 2.26 bits per heavy atom. The molecule has 0 aliphatic heterocycles. The third-order valence-electron chi connectivity index (χ3n) is 3.77. The van der Waals surface area contributed by atoms with Gasteiger partial charge in [-0.3, -0.25) is 4.79 Å². The highest BCUT2D eigenvalue weighted by molar-refractivity contribution is 7.16. The maximum atomic E-state index is 11.6. The first kappa shape index (κ1) is 13.4. The summed E-state index contributed by atoms with van der Waals surface area (Å²) in [4.78, 5) is 13.0. The van der Waals surface area contributed by atoms with Gasteiger partial charge in [-0.25, -0.2) is 0 Å². The highest BCUT2D eigenvalue weighted by Gasteiger charge is 2.24. The number of hydrogen-bond acceptors (Lipinski definition) is 3. The molecular formula is C14H19ClN2OS. The fourth-order valence-electron chi connectivity index (χ4n) is 2.62. The third-order valence-corrected chi connectivity index (χ3v) is 5.11. The van der Waals surface area contributed by atoms with Crippen molar-refractivity contribution >= 4 is 28.8 Å². The summed E-state index contributed by atoms with van der Waals surface area (Å²) in [5.41, 5.74) is 1.35. The van der Waals surface area contributed by atoms with Crippen molar-refractivity contribution in [3.05, 3.63) is 20.8 Å². The summed E-state index contributed by atoms with van der Waals surface area (Å²) in [5, 5.41) is 6.52. The Morgan fingerprint density at radius 1 is 1.42 bits per heavy atom. The van der Waals surface area contributed by atoms with Crippen LogP contribution in [-0.2, 0) is 11.2 Å². The molecule has 2 aliphatic rings. The summed E-state index contributed by atoms with van der Waals surface area (Å²) in [5.74, 6) is 0.175. The van der Waals surface area contributed by atoms with E-state index in [0.717, 1.165) is 36.6 Å². The van der Waals surface area contributed by atoms with Gasteiger partial charge in [-0.1, -0.05) is 11.6 Å². The molecule has 1 aromatic rings. The molecule has 0 aromatic carbocycles. The standard InChI is InChI=1S/C14H19ClN2OS/c15-13-8-10-11(2-1-3-12(10)19-13)16-7-6-14(18)17-9-4-5-9/h8-9,11,16H,1-7H2,(H,17,18). The Balaban J connectivity index is 1.48. The van der Waals surface area contributed by atoms with Crippen LogP contribution < -0.4 is 10.6 Å². The van der Waals surface area contributed by atoms with Crippen molar-refractivity contribution in [3.8, 4) is 0 Å². The van der Waals surface area contributed by atoms with E-state index in [2.05, 4.69) is 16.7 Å². The van der Waals surface area contributed by atoms with Gasteiger partial charge < -0.3 is 10.6 Å². The van der Waals surface area contributed by atoms with Gasteiger partial charge in [0.2, 0.25) is 5.91 Å². The van der Waals surface area contributed by atoms with Gasteiger partial charge >= 0.3 is 0 Å². The lowest BCUT2D eigenvalue weighted by molar-refractivity contribution is -0.121. The molecule has 1 saturated carbocycles. The normalized spacial score (nSPS) is 22.1. The average molecular weight is 299 g/mol. The summed E-state index contributed by atoms with van der Waals surface area (Å²) in [7, 11) is 0. The van der Waals surface area contributed by atoms with Gasteiger partial charge in [0, 0.05) is 29.9 Å². The molecule has 5 heteroatoms. The van der Waals surface area contributed by atoms with Crippen LogP contribution in [0.4, 0.5) is 0 Å². The van der Waals surface area contributed by atoms with E-state index >= 15 is 0 Å². The summed E-state index contributed by atoms with van der Waals surface area (Å²) >= 11 is 7.79. The van der Waals surface area contributed by atoms with Crippen molar-refractivity contribution < 1.29 is 4.79 Å². The molecule has 19 heavy (non-hydrogen) atoms. The van der Waals surface area contributed by atoms with Gasteiger partial charge in [0.1, 0.15) is 0 Å². The zero-order valence-electron chi connectivity index (χ0n) is 10.9.